The zero-order chi connectivity index (χ0) is 21.3. The van der Waals surface area contributed by atoms with Crippen molar-refractivity contribution in [1.29, 1.82) is 0 Å². The first-order valence-electron chi connectivity index (χ1n) is 9.41. The summed E-state index contributed by atoms with van der Waals surface area (Å²) in [7, 11) is 3.10. The molecule has 5 nitrogen and oxygen atoms in total. The van der Waals surface area contributed by atoms with Crippen molar-refractivity contribution in [3.63, 3.8) is 0 Å². The number of ketones is 1. The molecule has 0 radical (unpaired) electrons. The summed E-state index contributed by atoms with van der Waals surface area (Å²) in [6, 6.07) is 22.2. The van der Waals surface area contributed by atoms with E-state index in [1.807, 2.05) is 54.6 Å². The Bertz CT molecular complexity index is 1000. The van der Waals surface area contributed by atoms with Crippen LogP contribution in [0.5, 0.6) is 11.5 Å². The van der Waals surface area contributed by atoms with E-state index in [1.165, 1.54) is 11.8 Å². The largest absolute Gasteiger partial charge is 0.493 e. The van der Waals surface area contributed by atoms with Crippen LogP contribution in [-0.4, -0.2) is 31.7 Å². The number of thioether (sulfide) groups is 1. The predicted octanol–water partition coefficient (Wildman–Crippen LogP) is 4.86. The highest BCUT2D eigenvalue weighted by molar-refractivity contribution is 8.00. The molecule has 1 N–H and O–H groups in total. The van der Waals surface area contributed by atoms with Crippen LogP contribution in [-0.2, 0) is 11.2 Å². The maximum absolute atomic E-state index is 12.5. The van der Waals surface area contributed by atoms with Gasteiger partial charge in [-0.15, -0.1) is 11.8 Å². The Hall–Kier alpha value is -3.25. The average molecular weight is 422 g/mol. The second kappa shape index (κ2) is 10.5. The van der Waals surface area contributed by atoms with E-state index in [2.05, 4.69) is 5.32 Å². The Kier molecular flexibility index (Phi) is 7.51. The molecule has 3 aromatic rings. The van der Waals surface area contributed by atoms with Crippen molar-refractivity contribution >= 4 is 29.1 Å². The van der Waals surface area contributed by atoms with Crippen molar-refractivity contribution in [2.45, 2.75) is 11.3 Å². The minimum atomic E-state index is -0.0646. The number of benzene rings is 3. The van der Waals surface area contributed by atoms with Gasteiger partial charge in [-0.05, 0) is 48.0 Å². The normalized spacial score (nSPS) is 10.3. The molecule has 0 bridgehead atoms. The number of hydrogen-bond acceptors (Lipinski definition) is 5. The average Bonchev–Trinajstić information content (AvgIpc) is 2.78. The van der Waals surface area contributed by atoms with Crippen molar-refractivity contribution in [3.05, 3.63) is 83.9 Å². The molecule has 0 aliphatic rings. The molecule has 154 valence electrons. The third-order valence-corrected chi connectivity index (χ3v) is 5.43. The molecule has 0 aliphatic carbocycles. The quantitative estimate of drug-likeness (QED) is 0.395. The minimum absolute atomic E-state index is 0.00111. The first-order valence-corrected chi connectivity index (χ1v) is 10.4. The molecule has 30 heavy (non-hydrogen) atoms. The van der Waals surface area contributed by atoms with E-state index in [0.29, 0.717) is 29.2 Å². The Morgan fingerprint density at radius 1 is 0.867 bits per heavy atom. The monoisotopic (exact) mass is 421 g/mol. The summed E-state index contributed by atoms with van der Waals surface area (Å²) in [4.78, 5) is 25.6. The van der Waals surface area contributed by atoms with Gasteiger partial charge in [0, 0.05) is 16.1 Å². The number of rotatable bonds is 9. The Morgan fingerprint density at radius 3 is 2.23 bits per heavy atom. The lowest BCUT2D eigenvalue weighted by molar-refractivity contribution is -0.115. The van der Waals surface area contributed by atoms with Gasteiger partial charge in [0.25, 0.3) is 0 Å². The second-order valence-electron chi connectivity index (χ2n) is 6.52. The van der Waals surface area contributed by atoms with Gasteiger partial charge in [0.1, 0.15) is 0 Å². The summed E-state index contributed by atoms with van der Waals surface area (Å²) in [6.07, 6.45) is 0.331. The van der Waals surface area contributed by atoms with Crippen LogP contribution in [0, 0.1) is 0 Å². The van der Waals surface area contributed by atoms with Crippen molar-refractivity contribution < 1.29 is 19.1 Å². The van der Waals surface area contributed by atoms with Gasteiger partial charge in [0.05, 0.1) is 26.4 Å². The summed E-state index contributed by atoms with van der Waals surface area (Å²) in [5.74, 6) is 1.36. The maximum Gasteiger partial charge on any atom is 0.228 e. The van der Waals surface area contributed by atoms with Crippen LogP contribution in [0.1, 0.15) is 15.9 Å². The minimum Gasteiger partial charge on any atom is -0.493 e. The van der Waals surface area contributed by atoms with E-state index in [1.54, 1.807) is 32.4 Å². The van der Waals surface area contributed by atoms with Crippen LogP contribution in [0.2, 0.25) is 0 Å². The Balaban J connectivity index is 1.53. The fourth-order valence-corrected chi connectivity index (χ4v) is 3.66. The van der Waals surface area contributed by atoms with E-state index in [0.717, 1.165) is 16.1 Å². The van der Waals surface area contributed by atoms with Crippen molar-refractivity contribution in [2.24, 2.45) is 0 Å². The summed E-state index contributed by atoms with van der Waals surface area (Å²) in [6.45, 7) is 0. The van der Waals surface area contributed by atoms with Gasteiger partial charge in [0.15, 0.2) is 17.3 Å². The lowest BCUT2D eigenvalue weighted by atomic mass is 10.1. The number of ether oxygens (including phenoxy) is 2. The molecule has 0 unspecified atom stereocenters. The number of carbonyl (C=O) groups excluding carboxylic acids is 2. The van der Waals surface area contributed by atoms with Crippen LogP contribution in [0.15, 0.2) is 77.7 Å². The first-order chi connectivity index (χ1) is 14.6. The summed E-state index contributed by atoms with van der Waals surface area (Å²) >= 11 is 1.44. The third-order valence-electron chi connectivity index (χ3n) is 4.42. The fourth-order valence-electron chi connectivity index (χ4n) is 2.86. The lowest BCUT2D eigenvalue weighted by Gasteiger charge is -2.09. The van der Waals surface area contributed by atoms with E-state index in [-0.39, 0.29) is 11.7 Å². The van der Waals surface area contributed by atoms with Gasteiger partial charge in [-0.2, -0.15) is 0 Å². The molecule has 0 aromatic heterocycles. The molecule has 1 amide bonds. The molecule has 3 aromatic carbocycles. The van der Waals surface area contributed by atoms with Gasteiger partial charge in [0.2, 0.25) is 5.91 Å². The molecule has 0 spiro atoms. The maximum atomic E-state index is 12.5. The molecule has 0 saturated heterocycles. The summed E-state index contributed by atoms with van der Waals surface area (Å²) < 4.78 is 10.5. The lowest BCUT2D eigenvalue weighted by Crippen LogP contribution is -2.14. The predicted molar refractivity (Wildman–Crippen MR) is 120 cm³/mol. The van der Waals surface area contributed by atoms with Crippen LogP contribution >= 0.6 is 11.8 Å². The highest BCUT2D eigenvalue weighted by atomic mass is 32.2. The van der Waals surface area contributed by atoms with E-state index in [4.69, 9.17) is 9.47 Å². The SMILES string of the molecule is COc1ccc(C(=O)CSc2ccc(NC(=O)Cc3ccccc3)cc2)cc1OC. The molecular weight excluding hydrogens is 398 g/mol. The fraction of sp³-hybridized carbons (Fsp3) is 0.167. The van der Waals surface area contributed by atoms with E-state index in [9.17, 15) is 9.59 Å². The number of anilines is 1. The molecule has 3 rings (SSSR count). The number of methoxy groups -OCH3 is 2. The zero-order valence-corrected chi connectivity index (χ0v) is 17.7. The zero-order valence-electron chi connectivity index (χ0n) is 16.9. The number of hydrogen-bond donors (Lipinski definition) is 1. The number of carbonyl (C=O) groups is 2. The first kappa shape index (κ1) is 21.5. The molecule has 0 heterocycles. The third kappa shape index (κ3) is 5.87. The molecule has 0 fully saturated rings. The molecule has 0 saturated carbocycles. The van der Waals surface area contributed by atoms with E-state index >= 15 is 0 Å². The molecule has 0 atom stereocenters. The van der Waals surface area contributed by atoms with Crippen LogP contribution in [0.3, 0.4) is 0 Å². The van der Waals surface area contributed by atoms with Gasteiger partial charge >= 0.3 is 0 Å². The van der Waals surface area contributed by atoms with Crippen LogP contribution < -0.4 is 14.8 Å². The van der Waals surface area contributed by atoms with Crippen molar-refractivity contribution in [2.75, 3.05) is 25.3 Å². The van der Waals surface area contributed by atoms with Gasteiger partial charge in [-0.3, -0.25) is 9.59 Å². The van der Waals surface area contributed by atoms with Gasteiger partial charge in [-0.1, -0.05) is 30.3 Å². The van der Waals surface area contributed by atoms with Crippen LogP contribution in [0.25, 0.3) is 0 Å². The van der Waals surface area contributed by atoms with Crippen molar-refractivity contribution in [1.82, 2.24) is 0 Å². The Morgan fingerprint density at radius 2 is 1.57 bits per heavy atom. The number of amides is 1. The topological polar surface area (TPSA) is 64.6 Å². The molecule has 6 heteroatoms. The Labute approximate surface area is 180 Å². The highest BCUT2D eigenvalue weighted by Gasteiger charge is 2.11. The summed E-state index contributed by atoms with van der Waals surface area (Å²) in [5, 5.41) is 2.89. The van der Waals surface area contributed by atoms with E-state index < -0.39 is 0 Å². The molecule has 0 aliphatic heterocycles. The standard InChI is InChI=1S/C24H23NO4S/c1-28-22-13-8-18(15-23(22)29-2)21(26)16-30-20-11-9-19(10-12-20)25-24(27)14-17-6-4-3-5-7-17/h3-13,15H,14,16H2,1-2H3,(H,25,27). The van der Waals surface area contributed by atoms with Crippen molar-refractivity contribution in [3.8, 4) is 11.5 Å². The summed E-state index contributed by atoms with van der Waals surface area (Å²) in [5.41, 5.74) is 2.27. The van der Waals surface area contributed by atoms with Gasteiger partial charge < -0.3 is 14.8 Å². The number of Topliss-reactive ketones (excluding diaryl/α,β-unsaturated/α-hetero) is 1. The number of nitrogens with one attached hydrogen (secondary N) is 1. The molecular formula is C24H23NO4S. The second-order valence-corrected chi connectivity index (χ2v) is 7.57. The van der Waals surface area contributed by atoms with Crippen LogP contribution in [0.4, 0.5) is 5.69 Å². The smallest absolute Gasteiger partial charge is 0.228 e. The highest BCUT2D eigenvalue weighted by Crippen LogP contribution is 2.29. The van der Waals surface area contributed by atoms with Gasteiger partial charge in [-0.25, -0.2) is 0 Å².